The molecule has 0 aromatic heterocycles. The van der Waals surface area contributed by atoms with E-state index >= 15 is 0 Å². The zero-order valence-electron chi connectivity index (χ0n) is 14.4. The number of phenols is 1. The molecule has 1 heterocycles. The average Bonchev–Trinajstić information content (AvgIpc) is 2.57. The molecule has 6 nitrogen and oxygen atoms in total. The number of methoxy groups -OCH3 is 2. The molecule has 23 heavy (non-hydrogen) atoms. The number of hydrogen-bond acceptors (Lipinski definition) is 6. The molecule has 0 bridgehead atoms. The van der Waals surface area contributed by atoms with Crippen LogP contribution in [0.25, 0.3) is 0 Å². The summed E-state index contributed by atoms with van der Waals surface area (Å²) in [5, 5.41) is 23.9. The van der Waals surface area contributed by atoms with Crippen LogP contribution in [0.15, 0.2) is 12.1 Å². The molecule has 1 saturated heterocycles. The Bertz CT molecular complexity index is 528. The van der Waals surface area contributed by atoms with E-state index in [9.17, 15) is 10.2 Å². The average molecular weight is 324 g/mol. The Labute approximate surface area is 138 Å². The van der Waals surface area contributed by atoms with E-state index in [0.717, 1.165) is 26.2 Å². The number of aliphatic hydroxyl groups excluding tert-OH is 1. The van der Waals surface area contributed by atoms with Gasteiger partial charge in [0.2, 0.25) is 0 Å². The first-order valence-corrected chi connectivity index (χ1v) is 7.95. The normalized spacial score (nSPS) is 17.8. The van der Waals surface area contributed by atoms with E-state index in [1.807, 2.05) is 13.8 Å². The van der Waals surface area contributed by atoms with Gasteiger partial charge in [-0.25, -0.2) is 0 Å². The van der Waals surface area contributed by atoms with Crippen molar-refractivity contribution >= 4 is 0 Å². The van der Waals surface area contributed by atoms with Gasteiger partial charge in [-0.2, -0.15) is 0 Å². The predicted molar refractivity (Wildman–Crippen MR) is 89.3 cm³/mol. The molecule has 1 aliphatic heterocycles. The minimum Gasteiger partial charge on any atom is -0.507 e. The number of aliphatic hydroxyl groups is 1. The van der Waals surface area contributed by atoms with Crippen molar-refractivity contribution < 1.29 is 19.7 Å². The van der Waals surface area contributed by atoms with Crippen LogP contribution in [0, 0.1) is 5.41 Å². The first-order valence-electron chi connectivity index (χ1n) is 7.95. The van der Waals surface area contributed by atoms with Crippen LogP contribution in [-0.4, -0.2) is 62.1 Å². The smallest absolute Gasteiger partial charge is 0.131 e. The van der Waals surface area contributed by atoms with Crippen LogP contribution in [0.1, 0.15) is 25.5 Å². The van der Waals surface area contributed by atoms with E-state index < -0.39 is 5.41 Å². The highest BCUT2D eigenvalue weighted by molar-refractivity contribution is 5.52. The van der Waals surface area contributed by atoms with Gasteiger partial charge in [0.1, 0.15) is 17.2 Å². The molecular weight excluding hydrogens is 296 g/mol. The molecule has 0 radical (unpaired) electrons. The first kappa shape index (κ1) is 17.8. The van der Waals surface area contributed by atoms with Crippen molar-refractivity contribution in [2.45, 2.75) is 19.9 Å². The first-order chi connectivity index (χ1) is 10.9. The van der Waals surface area contributed by atoms with Gasteiger partial charge in [-0.05, 0) is 0 Å². The third-order valence-electron chi connectivity index (χ3n) is 4.49. The second kappa shape index (κ2) is 7.38. The van der Waals surface area contributed by atoms with Crippen LogP contribution < -0.4 is 14.8 Å². The lowest BCUT2D eigenvalue weighted by Gasteiger charge is -2.44. The van der Waals surface area contributed by atoms with Crippen LogP contribution in [0.3, 0.4) is 0 Å². The van der Waals surface area contributed by atoms with Crippen molar-refractivity contribution in [3.8, 4) is 17.2 Å². The van der Waals surface area contributed by atoms with Gasteiger partial charge in [0, 0.05) is 56.4 Å². The largest absolute Gasteiger partial charge is 0.507 e. The number of benzene rings is 1. The van der Waals surface area contributed by atoms with Crippen LogP contribution in [0.4, 0.5) is 0 Å². The van der Waals surface area contributed by atoms with Crippen molar-refractivity contribution in [3.05, 3.63) is 17.7 Å². The Kier molecular flexibility index (Phi) is 5.73. The van der Waals surface area contributed by atoms with Crippen molar-refractivity contribution in [3.63, 3.8) is 0 Å². The molecule has 1 aromatic carbocycles. The lowest BCUT2D eigenvalue weighted by molar-refractivity contribution is 0.0279. The maximum absolute atomic E-state index is 10.6. The Morgan fingerprint density at radius 3 is 2.39 bits per heavy atom. The number of ether oxygens (including phenoxy) is 2. The molecule has 0 aliphatic carbocycles. The second-order valence-corrected chi connectivity index (χ2v) is 6.60. The number of aromatic hydroxyl groups is 1. The highest BCUT2D eigenvalue weighted by Gasteiger charge is 2.39. The van der Waals surface area contributed by atoms with E-state index in [4.69, 9.17) is 9.47 Å². The molecule has 1 atom stereocenters. The molecule has 2 rings (SSSR count). The number of rotatable bonds is 6. The van der Waals surface area contributed by atoms with Gasteiger partial charge in [0.05, 0.1) is 19.8 Å². The molecule has 6 heteroatoms. The van der Waals surface area contributed by atoms with Gasteiger partial charge in [0.25, 0.3) is 0 Å². The highest BCUT2D eigenvalue weighted by atomic mass is 16.5. The number of nitrogens with one attached hydrogen (secondary N) is 1. The Morgan fingerprint density at radius 1 is 1.22 bits per heavy atom. The minimum absolute atomic E-state index is 0.0101. The van der Waals surface area contributed by atoms with E-state index in [1.54, 1.807) is 26.4 Å². The topological polar surface area (TPSA) is 74.2 Å². The lowest BCUT2D eigenvalue weighted by atomic mass is 9.79. The highest BCUT2D eigenvalue weighted by Crippen LogP contribution is 2.47. The lowest BCUT2D eigenvalue weighted by Crippen LogP contribution is -2.49. The summed E-state index contributed by atoms with van der Waals surface area (Å²) >= 11 is 0. The van der Waals surface area contributed by atoms with Gasteiger partial charge in [0.15, 0.2) is 0 Å². The monoisotopic (exact) mass is 324 g/mol. The molecule has 1 fully saturated rings. The summed E-state index contributed by atoms with van der Waals surface area (Å²) in [5.74, 6) is 1.25. The van der Waals surface area contributed by atoms with E-state index in [-0.39, 0.29) is 18.4 Å². The van der Waals surface area contributed by atoms with Crippen molar-refractivity contribution in [1.29, 1.82) is 0 Å². The molecule has 0 amide bonds. The van der Waals surface area contributed by atoms with Crippen LogP contribution in [0.5, 0.6) is 17.2 Å². The second-order valence-electron chi connectivity index (χ2n) is 6.60. The summed E-state index contributed by atoms with van der Waals surface area (Å²) in [6.45, 7) is 7.49. The van der Waals surface area contributed by atoms with Crippen LogP contribution >= 0.6 is 0 Å². The number of hydrogen-bond donors (Lipinski definition) is 3. The predicted octanol–water partition coefficient (Wildman–Crippen LogP) is 1.37. The minimum atomic E-state index is -0.434. The van der Waals surface area contributed by atoms with Crippen LogP contribution in [0.2, 0.25) is 0 Å². The summed E-state index contributed by atoms with van der Waals surface area (Å²) < 4.78 is 10.7. The van der Waals surface area contributed by atoms with E-state index in [1.165, 1.54) is 0 Å². The molecule has 1 aliphatic rings. The molecule has 0 saturated carbocycles. The van der Waals surface area contributed by atoms with Crippen molar-refractivity contribution in [2.75, 3.05) is 47.0 Å². The zero-order chi connectivity index (χ0) is 17.0. The Morgan fingerprint density at radius 2 is 1.87 bits per heavy atom. The Hall–Kier alpha value is -1.50. The van der Waals surface area contributed by atoms with Gasteiger partial charge >= 0.3 is 0 Å². The quantitative estimate of drug-likeness (QED) is 0.734. The Balaban J connectivity index is 2.54. The number of nitrogens with zero attached hydrogens (tertiary/aromatic N) is 1. The summed E-state index contributed by atoms with van der Waals surface area (Å²) in [6.07, 6.45) is 0. The fraction of sp³-hybridized carbons (Fsp3) is 0.647. The summed E-state index contributed by atoms with van der Waals surface area (Å²) in [6, 6.07) is 3.22. The SMILES string of the molecule is COc1cc(O)c([C@H](N2CCNCC2)C(C)(C)CO)c(OC)c1. The van der Waals surface area contributed by atoms with Crippen molar-refractivity contribution in [2.24, 2.45) is 5.41 Å². The molecule has 3 N–H and O–H groups in total. The van der Waals surface area contributed by atoms with Crippen molar-refractivity contribution in [1.82, 2.24) is 10.2 Å². The number of phenolic OH excluding ortho intramolecular Hbond substituents is 1. The third kappa shape index (κ3) is 3.71. The molecule has 130 valence electrons. The van der Waals surface area contributed by atoms with Gasteiger partial charge in [-0.1, -0.05) is 13.8 Å². The van der Waals surface area contributed by atoms with Gasteiger partial charge < -0.3 is 25.0 Å². The van der Waals surface area contributed by atoms with Crippen LogP contribution in [-0.2, 0) is 0 Å². The number of piperazine rings is 1. The maximum Gasteiger partial charge on any atom is 0.131 e. The van der Waals surface area contributed by atoms with E-state index in [0.29, 0.717) is 17.1 Å². The van der Waals surface area contributed by atoms with Gasteiger partial charge in [-0.15, -0.1) is 0 Å². The molecule has 1 aromatic rings. The third-order valence-corrected chi connectivity index (χ3v) is 4.49. The fourth-order valence-electron chi connectivity index (χ4n) is 3.24. The standard InChI is InChI=1S/C17H28N2O4/c1-17(2,11-20)16(19-7-5-18-6-8-19)15-13(21)9-12(22-3)10-14(15)23-4/h9-10,16,18,20-21H,5-8,11H2,1-4H3/t16-/m0/s1. The maximum atomic E-state index is 10.6. The summed E-state index contributed by atoms with van der Waals surface area (Å²) in [7, 11) is 3.14. The molecular formula is C17H28N2O4. The molecule has 0 spiro atoms. The molecule has 0 unspecified atom stereocenters. The summed E-state index contributed by atoms with van der Waals surface area (Å²) in [4.78, 5) is 2.29. The zero-order valence-corrected chi connectivity index (χ0v) is 14.4. The van der Waals surface area contributed by atoms with E-state index in [2.05, 4.69) is 10.2 Å². The fourth-order valence-corrected chi connectivity index (χ4v) is 3.24. The summed E-state index contributed by atoms with van der Waals surface area (Å²) in [5.41, 5.74) is 0.269. The van der Waals surface area contributed by atoms with Gasteiger partial charge in [-0.3, -0.25) is 4.90 Å².